The summed E-state index contributed by atoms with van der Waals surface area (Å²) in [5.41, 5.74) is 0.905. The highest BCUT2D eigenvalue weighted by Crippen LogP contribution is 2.23. The number of carbonyl (C=O) groups excluding carboxylic acids is 6. The minimum Gasteiger partial charge on any atom is -0.466 e. The van der Waals surface area contributed by atoms with Crippen molar-refractivity contribution in [3.63, 3.8) is 0 Å². The largest absolute Gasteiger partial charge is 0.466 e. The lowest BCUT2D eigenvalue weighted by Gasteiger charge is -2.06. The molecule has 0 aliphatic heterocycles. The van der Waals surface area contributed by atoms with Gasteiger partial charge < -0.3 is 18.9 Å². The van der Waals surface area contributed by atoms with Gasteiger partial charge in [0.15, 0.2) is 11.6 Å². The number of alkyl halides is 1. The van der Waals surface area contributed by atoms with Crippen LogP contribution >= 0.6 is 36.0 Å². The lowest BCUT2D eigenvalue weighted by molar-refractivity contribution is -0.146. The van der Waals surface area contributed by atoms with E-state index in [-0.39, 0.29) is 48.6 Å². The lowest BCUT2D eigenvalue weighted by Crippen LogP contribution is -2.13. The molecule has 0 bridgehead atoms. The first-order valence-corrected chi connectivity index (χ1v) is 14.1. The third-order valence-electron chi connectivity index (χ3n) is 4.43. The van der Waals surface area contributed by atoms with Crippen LogP contribution < -0.4 is 0 Å². The molecule has 0 saturated carbocycles. The van der Waals surface area contributed by atoms with E-state index < -0.39 is 17.9 Å². The summed E-state index contributed by atoms with van der Waals surface area (Å²) in [6.45, 7) is 3.92. The number of hydrogen-bond acceptors (Lipinski definition) is 12. The van der Waals surface area contributed by atoms with E-state index in [9.17, 15) is 28.8 Å². The Kier molecular flexibility index (Phi) is 20.5. The molecule has 2 rings (SSSR count). The monoisotopic (exact) mass is 628 g/mol. The maximum Gasteiger partial charge on any atom is 0.338 e. The zero-order chi connectivity index (χ0) is 31.2. The number of thiol groups is 1. The van der Waals surface area contributed by atoms with Gasteiger partial charge in [-0.15, -0.1) is 36.0 Å². The Balaban J connectivity index is 0.000000644. The topological polar surface area (TPSA) is 139 Å². The number of esters is 4. The average molecular weight is 629 g/mol. The van der Waals surface area contributed by atoms with Crippen molar-refractivity contribution in [3.8, 4) is 0 Å². The Hall–Kier alpha value is -3.35. The van der Waals surface area contributed by atoms with E-state index in [0.717, 1.165) is 0 Å². The summed E-state index contributed by atoms with van der Waals surface area (Å²) in [5, 5.41) is 0. The van der Waals surface area contributed by atoms with Crippen molar-refractivity contribution in [2.24, 2.45) is 0 Å². The van der Waals surface area contributed by atoms with Crippen molar-refractivity contribution in [1.82, 2.24) is 0 Å². The first-order valence-electron chi connectivity index (χ1n) is 12.1. The van der Waals surface area contributed by atoms with Gasteiger partial charge in [0.05, 0.1) is 50.2 Å². The van der Waals surface area contributed by atoms with Crippen molar-refractivity contribution >= 4 is 71.4 Å². The Morgan fingerprint density at radius 2 is 1.20 bits per heavy atom. The zero-order valence-corrected chi connectivity index (χ0v) is 25.6. The molecule has 224 valence electrons. The van der Waals surface area contributed by atoms with Gasteiger partial charge in [-0.1, -0.05) is 24.3 Å². The Bertz CT molecular complexity index is 1170. The second kappa shape index (κ2) is 22.4. The number of ketones is 2. The summed E-state index contributed by atoms with van der Waals surface area (Å²) in [5.74, 6) is -2.41. The Morgan fingerprint density at radius 3 is 1.68 bits per heavy atom. The molecule has 0 N–H and O–H groups in total. The summed E-state index contributed by atoms with van der Waals surface area (Å²) in [4.78, 5) is 67.5. The minimum absolute atomic E-state index is 0.104. The van der Waals surface area contributed by atoms with Crippen LogP contribution in [0, 0.1) is 0 Å². The van der Waals surface area contributed by atoms with Crippen molar-refractivity contribution in [1.29, 1.82) is 0 Å². The van der Waals surface area contributed by atoms with Gasteiger partial charge in [-0.2, -0.15) is 0 Å². The van der Waals surface area contributed by atoms with Crippen molar-refractivity contribution < 1.29 is 47.7 Å². The molecule has 0 aliphatic rings. The van der Waals surface area contributed by atoms with Gasteiger partial charge in [0, 0.05) is 9.79 Å². The number of methoxy groups -OCH3 is 2. The van der Waals surface area contributed by atoms with Crippen LogP contribution in [0.25, 0.3) is 0 Å². The van der Waals surface area contributed by atoms with Gasteiger partial charge in [-0.05, 0) is 38.1 Å². The van der Waals surface area contributed by atoms with Crippen molar-refractivity contribution in [3.05, 3.63) is 59.7 Å². The molecule has 0 saturated heterocycles. The van der Waals surface area contributed by atoms with E-state index in [4.69, 9.17) is 16.3 Å². The molecule has 0 amide bonds. The first kappa shape index (κ1) is 37.6. The fourth-order valence-corrected chi connectivity index (χ4v) is 3.88. The van der Waals surface area contributed by atoms with E-state index in [1.54, 1.807) is 56.3 Å². The maximum absolute atomic E-state index is 11.6. The molecule has 2 aromatic carbocycles. The molecular weight excluding hydrogens is 596 g/mol. The number of benzene rings is 2. The number of rotatable bonds is 12. The molecule has 0 aromatic heterocycles. The van der Waals surface area contributed by atoms with E-state index in [0.29, 0.717) is 27.5 Å². The van der Waals surface area contributed by atoms with E-state index in [1.165, 1.54) is 26.0 Å². The molecule has 0 unspecified atom stereocenters. The van der Waals surface area contributed by atoms with Gasteiger partial charge in [0.25, 0.3) is 0 Å². The number of carbonyl (C=O) groups is 6. The molecule has 0 spiro atoms. The summed E-state index contributed by atoms with van der Waals surface area (Å²) in [7, 11) is 2.65. The van der Waals surface area contributed by atoms with Gasteiger partial charge in [-0.3, -0.25) is 19.2 Å². The summed E-state index contributed by atoms with van der Waals surface area (Å²) in [6.07, 6.45) is -0.460. The van der Waals surface area contributed by atoms with E-state index in [1.807, 2.05) is 6.07 Å². The third-order valence-corrected chi connectivity index (χ3v) is 6.25. The Morgan fingerprint density at radius 1 is 0.732 bits per heavy atom. The van der Waals surface area contributed by atoms with Crippen LogP contribution in [-0.2, 0) is 38.1 Å². The van der Waals surface area contributed by atoms with Crippen molar-refractivity contribution in [2.75, 3.05) is 39.1 Å². The second-order valence-electron chi connectivity index (χ2n) is 7.46. The highest BCUT2D eigenvalue weighted by atomic mass is 35.5. The van der Waals surface area contributed by atoms with Gasteiger partial charge >= 0.3 is 23.9 Å². The number of thioether (sulfide) groups is 1. The van der Waals surface area contributed by atoms with Gasteiger partial charge in [0.1, 0.15) is 12.8 Å². The molecule has 13 heteroatoms. The number of ether oxygens (including phenoxy) is 4. The SMILES string of the molecule is CCOC(=O)CC(=O)CCl.CCOC(=O)CC(=O)CSc1ccccc1C(=O)OC.COC(=O)c1ccccc1S. The fraction of sp³-hybridized carbons (Fsp3) is 0.357. The molecule has 2 aromatic rings. The minimum atomic E-state index is -0.528. The standard InChI is InChI=1S/C14H16O5S.C8H8O2S.C6H9ClO3/c1-3-19-13(16)8-10(15)9-20-12-7-5-4-6-11(12)14(17)18-2;1-10-8(9)6-4-2-3-5-7(6)11;1-2-10-6(9)3-5(8)4-7/h4-7H,3,8-9H2,1-2H3;2-5,11H,1H3;2-4H2,1H3. The molecule has 10 nitrogen and oxygen atoms in total. The molecule has 0 aliphatic carbocycles. The van der Waals surface area contributed by atoms with Crippen LogP contribution in [0.1, 0.15) is 47.4 Å². The van der Waals surface area contributed by atoms with Crippen LogP contribution in [0.4, 0.5) is 0 Å². The quantitative estimate of drug-likeness (QED) is 0.0881. The van der Waals surface area contributed by atoms with Crippen LogP contribution in [0.15, 0.2) is 58.3 Å². The normalized spacial score (nSPS) is 9.51. The molecule has 41 heavy (non-hydrogen) atoms. The number of hydrogen-bond donors (Lipinski definition) is 1. The molecule has 0 heterocycles. The van der Waals surface area contributed by atoms with Crippen molar-refractivity contribution in [2.45, 2.75) is 36.5 Å². The highest BCUT2D eigenvalue weighted by molar-refractivity contribution is 8.00. The number of halogens is 1. The Labute approximate surface area is 253 Å². The summed E-state index contributed by atoms with van der Waals surface area (Å²) < 4.78 is 18.4. The second-order valence-corrected chi connectivity index (χ2v) is 9.23. The van der Waals surface area contributed by atoms with E-state index >= 15 is 0 Å². The average Bonchev–Trinajstić information content (AvgIpc) is 2.96. The van der Waals surface area contributed by atoms with Crippen LogP contribution in [0.3, 0.4) is 0 Å². The van der Waals surface area contributed by atoms with Gasteiger partial charge in [0.2, 0.25) is 0 Å². The highest BCUT2D eigenvalue weighted by Gasteiger charge is 2.15. The van der Waals surface area contributed by atoms with Gasteiger partial charge in [-0.25, -0.2) is 9.59 Å². The predicted octanol–water partition coefficient (Wildman–Crippen LogP) is 4.60. The molecular formula is C28H33ClO10S2. The zero-order valence-electron chi connectivity index (χ0n) is 23.2. The van der Waals surface area contributed by atoms with Crippen LogP contribution in [0.5, 0.6) is 0 Å². The number of Topliss-reactive ketones (excluding diaryl/α,β-unsaturated/α-hetero) is 2. The smallest absolute Gasteiger partial charge is 0.338 e. The summed E-state index contributed by atoms with van der Waals surface area (Å²) in [6, 6.07) is 13.9. The predicted molar refractivity (Wildman–Crippen MR) is 157 cm³/mol. The molecule has 0 fully saturated rings. The van der Waals surface area contributed by atoms with E-state index in [2.05, 4.69) is 26.8 Å². The third kappa shape index (κ3) is 16.5. The maximum atomic E-state index is 11.6. The molecule has 0 atom stereocenters. The first-order chi connectivity index (χ1) is 19.5. The summed E-state index contributed by atoms with van der Waals surface area (Å²) >= 11 is 10.4. The molecule has 0 radical (unpaired) electrons. The van der Waals surface area contributed by atoms with Crippen LogP contribution in [0.2, 0.25) is 0 Å². The fourth-order valence-electron chi connectivity index (χ4n) is 2.63. The van der Waals surface area contributed by atoms with Crippen LogP contribution in [-0.4, -0.2) is 74.5 Å². The lowest BCUT2D eigenvalue weighted by atomic mass is 10.2.